The number of rotatable bonds is 5. The predicted octanol–water partition coefficient (Wildman–Crippen LogP) is 0.911. The molecule has 0 radical (unpaired) electrons. The lowest BCUT2D eigenvalue weighted by atomic mass is 9.99. The zero-order valence-corrected chi connectivity index (χ0v) is 13.1. The summed E-state index contributed by atoms with van der Waals surface area (Å²) in [5.74, 6) is 0.827. The van der Waals surface area contributed by atoms with Gasteiger partial charge in [0.1, 0.15) is 0 Å². The van der Waals surface area contributed by atoms with E-state index in [0.29, 0.717) is 38.0 Å². The maximum atomic E-state index is 12.2. The summed E-state index contributed by atoms with van der Waals surface area (Å²) in [6.07, 6.45) is 1.76. The number of nitrogens with two attached hydrogens (primary N) is 1. The molecule has 0 aromatic heterocycles. The largest absolute Gasteiger partial charge is 0.330 e. The summed E-state index contributed by atoms with van der Waals surface area (Å²) in [6.45, 7) is 6.48. The van der Waals surface area contributed by atoms with E-state index >= 15 is 0 Å². The van der Waals surface area contributed by atoms with Crippen LogP contribution in [0.5, 0.6) is 0 Å². The fourth-order valence-corrected chi connectivity index (χ4v) is 3.73. The van der Waals surface area contributed by atoms with Crippen LogP contribution in [0.3, 0.4) is 0 Å². The second kappa shape index (κ2) is 7.65. The van der Waals surface area contributed by atoms with E-state index in [1.165, 1.54) is 4.31 Å². The lowest BCUT2D eigenvalue weighted by Crippen LogP contribution is -2.47. The summed E-state index contributed by atoms with van der Waals surface area (Å²) in [4.78, 5) is 0. The molecule has 5 nitrogen and oxygen atoms in total. The molecule has 0 amide bonds. The third-order valence-corrected chi connectivity index (χ3v) is 5.20. The minimum absolute atomic E-state index is 0. The Labute approximate surface area is 117 Å². The summed E-state index contributed by atoms with van der Waals surface area (Å²) >= 11 is 0. The number of hydrogen-bond donors (Lipinski definition) is 1. The van der Waals surface area contributed by atoms with Gasteiger partial charge in [-0.15, -0.1) is 12.4 Å². The fraction of sp³-hybridized carbons (Fsp3) is 1.00. The van der Waals surface area contributed by atoms with Crippen molar-refractivity contribution in [2.45, 2.75) is 26.7 Å². The second-order valence-corrected chi connectivity index (χ2v) is 7.30. The average Bonchev–Trinajstić information content (AvgIpc) is 2.28. The predicted molar refractivity (Wildman–Crippen MR) is 77.0 cm³/mol. The first-order valence-corrected chi connectivity index (χ1v) is 7.69. The molecule has 0 spiro atoms. The Morgan fingerprint density at radius 2 is 1.83 bits per heavy atom. The highest BCUT2D eigenvalue weighted by Gasteiger charge is 2.30. The summed E-state index contributed by atoms with van der Waals surface area (Å²) in [6, 6.07) is 0. The Hall–Kier alpha value is 0.120. The molecule has 1 rings (SSSR count). The van der Waals surface area contributed by atoms with Gasteiger partial charge < -0.3 is 5.73 Å². The first kappa shape index (κ1) is 18.1. The van der Waals surface area contributed by atoms with Gasteiger partial charge in [0.25, 0.3) is 10.2 Å². The zero-order chi connectivity index (χ0) is 13.1. The van der Waals surface area contributed by atoms with Crippen molar-refractivity contribution in [2.75, 3.05) is 33.2 Å². The molecule has 0 aromatic rings. The minimum Gasteiger partial charge on any atom is -0.330 e. The van der Waals surface area contributed by atoms with Gasteiger partial charge in [-0.3, -0.25) is 0 Å². The van der Waals surface area contributed by atoms with Gasteiger partial charge in [0, 0.05) is 26.7 Å². The molecule has 1 heterocycles. The van der Waals surface area contributed by atoms with Crippen molar-refractivity contribution >= 4 is 22.6 Å². The van der Waals surface area contributed by atoms with Crippen LogP contribution in [0, 0.1) is 11.8 Å². The van der Waals surface area contributed by atoms with Gasteiger partial charge in [0.2, 0.25) is 0 Å². The van der Waals surface area contributed by atoms with E-state index in [2.05, 4.69) is 0 Å². The van der Waals surface area contributed by atoms with Crippen LogP contribution in [0.4, 0.5) is 0 Å². The third kappa shape index (κ3) is 4.66. The molecular formula is C11H26ClN3O2S. The van der Waals surface area contributed by atoms with Gasteiger partial charge in [0.15, 0.2) is 0 Å². The van der Waals surface area contributed by atoms with Gasteiger partial charge in [-0.2, -0.15) is 17.0 Å². The molecular weight excluding hydrogens is 274 g/mol. The normalized spacial score (nSPS) is 19.2. The van der Waals surface area contributed by atoms with Crippen LogP contribution in [0.25, 0.3) is 0 Å². The van der Waals surface area contributed by atoms with Gasteiger partial charge in [-0.05, 0) is 31.2 Å². The number of halogens is 1. The lowest BCUT2D eigenvalue weighted by molar-refractivity contribution is 0.259. The quantitative estimate of drug-likeness (QED) is 0.820. The molecule has 0 unspecified atom stereocenters. The Morgan fingerprint density at radius 3 is 2.22 bits per heavy atom. The van der Waals surface area contributed by atoms with Gasteiger partial charge in [-0.1, -0.05) is 13.8 Å². The third-order valence-electron chi connectivity index (χ3n) is 3.25. The van der Waals surface area contributed by atoms with Crippen molar-refractivity contribution in [3.63, 3.8) is 0 Å². The van der Waals surface area contributed by atoms with Crippen molar-refractivity contribution in [3.8, 4) is 0 Å². The molecule has 1 fully saturated rings. The van der Waals surface area contributed by atoms with Crippen molar-refractivity contribution in [1.29, 1.82) is 0 Å². The summed E-state index contributed by atoms with van der Waals surface area (Å²) in [5, 5.41) is 0. The van der Waals surface area contributed by atoms with Crippen molar-refractivity contribution in [1.82, 2.24) is 8.61 Å². The lowest BCUT2D eigenvalue weighted by Gasteiger charge is -2.33. The molecule has 18 heavy (non-hydrogen) atoms. The molecule has 1 aliphatic heterocycles. The van der Waals surface area contributed by atoms with Gasteiger partial charge >= 0.3 is 0 Å². The van der Waals surface area contributed by atoms with Crippen molar-refractivity contribution < 1.29 is 8.42 Å². The minimum atomic E-state index is -3.26. The molecule has 110 valence electrons. The summed E-state index contributed by atoms with van der Waals surface area (Å²) in [5.41, 5.74) is 5.61. The smallest absolute Gasteiger partial charge is 0.281 e. The molecule has 2 N–H and O–H groups in total. The van der Waals surface area contributed by atoms with Crippen molar-refractivity contribution in [2.24, 2.45) is 17.6 Å². The van der Waals surface area contributed by atoms with Crippen molar-refractivity contribution in [3.05, 3.63) is 0 Å². The van der Waals surface area contributed by atoms with Crippen LogP contribution >= 0.6 is 12.4 Å². The molecule has 1 saturated heterocycles. The first-order valence-electron chi connectivity index (χ1n) is 6.29. The maximum Gasteiger partial charge on any atom is 0.281 e. The van der Waals surface area contributed by atoms with Crippen LogP contribution in [-0.4, -0.2) is 50.3 Å². The van der Waals surface area contributed by atoms with E-state index in [9.17, 15) is 8.42 Å². The second-order valence-electron chi connectivity index (χ2n) is 5.26. The molecule has 0 atom stereocenters. The topological polar surface area (TPSA) is 66.6 Å². The Balaban J connectivity index is 0.00000289. The van der Waals surface area contributed by atoms with Crippen LogP contribution in [0.1, 0.15) is 26.7 Å². The maximum absolute atomic E-state index is 12.2. The molecule has 0 aromatic carbocycles. The molecule has 0 bridgehead atoms. The highest BCUT2D eigenvalue weighted by atomic mass is 35.5. The number of hydrogen-bond acceptors (Lipinski definition) is 3. The number of piperidine rings is 1. The fourth-order valence-electron chi connectivity index (χ4n) is 2.18. The summed E-state index contributed by atoms with van der Waals surface area (Å²) < 4.78 is 27.5. The van der Waals surface area contributed by atoms with Crippen LogP contribution in [0.15, 0.2) is 0 Å². The van der Waals surface area contributed by atoms with E-state index in [0.717, 1.165) is 12.8 Å². The molecule has 1 aliphatic rings. The SMILES string of the molecule is CC(C)CN(C)S(=O)(=O)N1CCC(CN)CC1.Cl. The summed E-state index contributed by atoms with van der Waals surface area (Å²) in [7, 11) is -1.61. The first-order chi connectivity index (χ1) is 7.87. The van der Waals surface area contributed by atoms with Crippen LogP contribution in [-0.2, 0) is 10.2 Å². The van der Waals surface area contributed by atoms with E-state index in [1.54, 1.807) is 11.4 Å². The Kier molecular flexibility index (Phi) is 7.70. The Bertz CT molecular complexity index is 327. The highest BCUT2D eigenvalue weighted by Crippen LogP contribution is 2.20. The van der Waals surface area contributed by atoms with Crippen LogP contribution < -0.4 is 5.73 Å². The van der Waals surface area contributed by atoms with Gasteiger partial charge in [0.05, 0.1) is 0 Å². The van der Waals surface area contributed by atoms with Gasteiger partial charge in [-0.25, -0.2) is 0 Å². The average molecular weight is 300 g/mol. The number of nitrogens with zero attached hydrogens (tertiary/aromatic N) is 2. The zero-order valence-electron chi connectivity index (χ0n) is 11.5. The van der Waals surface area contributed by atoms with E-state index in [4.69, 9.17) is 5.73 Å². The molecule has 0 saturated carbocycles. The van der Waals surface area contributed by atoms with E-state index < -0.39 is 10.2 Å². The highest BCUT2D eigenvalue weighted by molar-refractivity contribution is 7.86. The van der Waals surface area contributed by atoms with Crippen LogP contribution in [0.2, 0.25) is 0 Å². The standard InChI is InChI=1S/C11H25N3O2S.ClH/c1-10(2)9-13(3)17(15,16)14-6-4-11(8-12)5-7-14;/h10-11H,4-9,12H2,1-3H3;1H. The molecule has 0 aliphatic carbocycles. The van der Waals surface area contributed by atoms with E-state index in [1.807, 2.05) is 13.8 Å². The monoisotopic (exact) mass is 299 g/mol. The Morgan fingerprint density at radius 1 is 1.33 bits per heavy atom. The van der Waals surface area contributed by atoms with E-state index in [-0.39, 0.29) is 12.4 Å². The molecule has 7 heteroatoms.